The highest BCUT2D eigenvalue weighted by atomic mass is 79.9. The zero-order chi connectivity index (χ0) is 11.4. The molecule has 0 spiro atoms. The van der Waals surface area contributed by atoms with E-state index in [1.807, 2.05) is 0 Å². The van der Waals surface area contributed by atoms with Crippen LogP contribution in [0.3, 0.4) is 0 Å². The third-order valence-corrected chi connectivity index (χ3v) is 3.29. The van der Waals surface area contributed by atoms with Gasteiger partial charge < -0.3 is 5.11 Å². The molecule has 0 fully saturated rings. The van der Waals surface area contributed by atoms with Crippen molar-refractivity contribution in [2.45, 2.75) is 12.8 Å². The summed E-state index contributed by atoms with van der Waals surface area (Å²) in [5.41, 5.74) is 0.983. The van der Waals surface area contributed by atoms with E-state index in [9.17, 15) is 10.1 Å². The molecular weight excluding hydrogens is 330 g/mol. The summed E-state index contributed by atoms with van der Waals surface area (Å²) >= 11 is 6.42. The van der Waals surface area contributed by atoms with Gasteiger partial charge in [-0.3, -0.25) is 10.1 Å². The Kier molecular flexibility index (Phi) is 4.69. The second-order valence-electron chi connectivity index (χ2n) is 2.98. The Balaban J connectivity index is 3.02. The Hall–Kier alpha value is -0.460. The number of nitrogens with zero attached hydrogens (tertiary/aromatic N) is 1. The Morgan fingerprint density at radius 1 is 1.33 bits per heavy atom. The zero-order valence-corrected chi connectivity index (χ0v) is 10.9. The molecule has 0 atom stereocenters. The number of nitro groups is 1. The van der Waals surface area contributed by atoms with Crippen molar-refractivity contribution in [2.75, 3.05) is 6.61 Å². The van der Waals surface area contributed by atoms with Crippen molar-refractivity contribution < 1.29 is 10.0 Å². The maximum atomic E-state index is 10.6. The molecule has 1 N–H and O–H groups in total. The molecule has 0 saturated heterocycles. The summed E-state index contributed by atoms with van der Waals surface area (Å²) < 4.78 is 1.16. The number of halogens is 2. The maximum Gasteiger partial charge on any atom is 0.284 e. The number of aliphatic hydroxyl groups is 1. The van der Waals surface area contributed by atoms with Gasteiger partial charge in [0.15, 0.2) is 0 Å². The predicted molar refractivity (Wildman–Crippen MR) is 63.9 cm³/mol. The van der Waals surface area contributed by atoms with Gasteiger partial charge in [-0.25, -0.2) is 0 Å². The van der Waals surface area contributed by atoms with Crippen LogP contribution in [0.5, 0.6) is 0 Å². The van der Waals surface area contributed by atoms with Crippen molar-refractivity contribution in [3.8, 4) is 0 Å². The van der Waals surface area contributed by atoms with Crippen LogP contribution in [0.1, 0.15) is 12.0 Å². The van der Waals surface area contributed by atoms with Crippen LogP contribution in [0.2, 0.25) is 0 Å². The molecule has 15 heavy (non-hydrogen) atoms. The second kappa shape index (κ2) is 5.58. The fourth-order valence-corrected chi connectivity index (χ4v) is 2.24. The van der Waals surface area contributed by atoms with E-state index in [0.29, 0.717) is 21.8 Å². The third-order valence-electron chi connectivity index (χ3n) is 1.92. The molecule has 6 heteroatoms. The number of hydrogen-bond donors (Lipinski definition) is 1. The molecule has 0 radical (unpaired) electrons. The predicted octanol–water partition coefficient (Wildman–Crippen LogP) is 3.04. The first-order valence-electron chi connectivity index (χ1n) is 4.29. The number of aryl methyl sites for hydroxylation is 1. The summed E-state index contributed by atoms with van der Waals surface area (Å²) in [5, 5.41) is 19.3. The molecule has 0 aliphatic heterocycles. The summed E-state index contributed by atoms with van der Waals surface area (Å²) in [7, 11) is 0. The average Bonchev–Trinajstić information content (AvgIpc) is 2.18. The smallest absolute Gasteiger partial charge is 0.284 e. The molecule has 0 bridgehead atoms. The molecule has 0 aliphatic rings. The fraction of sp³-hybridized carbons (Fsp3) is 0.333. The van der Waals surface area contributed by atoms with Crippen LogP contribution in [-0.2, 0) is 6.42 Å². The number of aliphatic hydroxyl groups excluding tert-OH is 1. The van der Waals surface area contributed by atoms with Crippen molar-refractivity contribution in [3.63, 3.8) is 0 Å². The van der Waals surface area contributed by atoms with E-state index >= 15 is 0 Å². The summed E-state index contributed by atoms with van der Waals surface area (Å²) in [5.74, 6) is 0. The van der Waals surface area contributed by atoms with Crippen LogP contribution in [0, 0.1) is 10.1 Å². The number of benzene rings is 1. The number of hydrogen-bond acceptors (Lipinski definition) is 3. The van der Waals surface area contributed by atoms with Gasteiger partial charge in [0.25, 0.3) is 5.69 Å². The van der Waals surface area contributed by atoms with E-state index in [0.717, 1.165) is 5.56 Å². The lowest BCUT2D eigenvalue weighted by molar-refractivity contribution is -0.385. The number of nitro benzene ring substituents is 1. The largest absolute Gasteiger partial charge is 0.396 e. The molecule has 0 heterocycles. The first kappa shape index (κ1) is 12.6. The van der Waals surface area contributed by atoms with Gasteiger partial charge in [-0.2, -0.15) is 0 Å². The highest BCUT2D eigenvalue weighted by molar-refractivity contribution is 9.11. The van der Waals surface area contributed by atoms with Crippen LogP contribution in [0.25, 0.3) is 0 Å². The van der Waals surface area contributed by atoms with E-state index in [-0.39, 0.29) is 12.3 Å². The Labute approximate surface area is 104 Å². The highest BCUT2D eigenvalue weighted by Gasteiger charge is 2.14. The van der Waals surface area contributed by atoms with Crippen LogP contribution >= 0.6 is 31.9 Å². The standard InChI is InChI=1S/C9H9Br2NO3/c10-7-5-9(12(14)15)8(11)4-6(7)2-1-3-13/h4-5,13H,1-3H2. The zero-order valence-electron chi connectivity index (χ0n) is 7.74. The SMILES string of the molecule is O=[N+]([O-])c1cc(Br)c(CCCO)cc1Br. The van der Waals surface area contributed by atoms with Crippen LogP contribution in [-0.4, -0.2) is 16.6 Å². The first-order chi connectivity index (χ1) is 7.06. The molecule has 0 aliphatic carbocycles. The molecule has 1 rings (SSSR count). The fourth-order valence-electron chi connectivity index (χ4n) is 1.18. The summed E-state index contributed by atoms with van der Waals surface area (Å²) in [6.07, 6.45) is 1.33. The lowest BCUT2D eigenvalue weighted by atomic mass is 10.1. The van der Waals surface area contributed by atoms with Gasteiger partial charge in [0.2, 0.25) is 0 Å². The van der Waals surface area contributed by atoms with Crippen molar-refractivity contribution in [1.82, 2.24) is 0 Å². The van der Waals surface area contributed by atoms with Gasteiger partial charge >= 0.3 is 0 Å². The van der Waals surface area contributed by atoms with Crippen LogP contribution in [0.4, 0.5) is 5.69 Å². The minimum Gasteiger partial charge on any atom is -0.396 e. The average molecular weight is 339 g/mol. The normalized spacial score (nSPS) is 10.3. The Morgan fingerprint density at radius 2 is 2.00 bits per heavy atom. The van der Waals surface area contributed by atoms with Crippen molar-refractivity contribution in [3.05, 3.63) is 36.8 Å². The summed E-state index contributed by atoms with van der Waals surface area (Å²) in [4.78, 5) is 10.2. The first-order valence-corrected chi connectivity index (χ1v) is 5.88. The monoisotopic (exact) mass is 337 g/mol. The van der Waals surface area contributed by atoms with Gasteiger partial charge in [0.1, 0.15) is 0 Å². The molecule has 1 aromatic carbocycles. The van der Waals surface area contributed by atoms with Gasteiger partial charge in [0.05, 0.1) is 9.40 Å². The highest BCUT2D eigenvalue weighted by Crippen LogP contribution is 2.31. The van der Waals surface area contributed by atoms with Gasteiger partial charge in [-0.05, 0) is 40.4 Å². The van der Waals surface area contributed by atoms with Crippen molar-refractivity contribution in [2.24, 2.45) is 0 Å². The molecule has 82 valence electrons. The summed E-state index contributed by atoms with van der Waals surface area (Å²) in [6.45, 7) is 0.112. The van der Waals surface area contributed by atoms with E-state index in [1.165, 1.54) is 6.07 Å². The van der Waals surface area contributed by atoms with E-state index in [1.54, 1.807) is 6.07 Å². The lowest BCUT2D eigenvalue weighted by Gasteiger charge is -2.04. The molecule has 1 aromatic rings. The maximum absolute atomic E-state index is 10.6. The Bertz CT molecular complexity index is 382. The van der Waals surface area contributed by atoms with E-state index in [4.69, 9.17) is 5.11 Å². The van der Waals surface area contributed by atoms with E-state index < -0.39 is 4.92 Å². The van der Waals surface area contributed by atoms with Gasteiger partial charge in [0, 0.05) is 17.1 Å². The van der Waals surface area contributed by atoms with Crippen molar-refractivity contribution >= 4 is 37.5 Å². The second-order valence-corrected chi connectivity index (χ2v) is 4.69. The quantitative estimate of drug-likeness (QED) is 0.678. The molecule has 0 amide bonds. The Morgan fingerprint density at radius 3 is 2.53 bits per heavy atom. The minimum absolute atomic E-state index is 0.0367. The molecular formula is C9H9Br2NO3. The topological polar surface area (TPSA) is 63.4 Å². The molecule has 0 aromatic heterocycles. The van der Waals surface area contributed by atoms with Crippen LogP contribution < -0.4 is 0 Å². The van der Waals surface area contributed by atoms with Crippen LogP contribution in [0.15, 0.2) is 21.1 Å². The van der Waals surface area contributed by atoms with Gasteiger partial charge in [-0.1, -0.05) is 15.9 Å². The lowest BCUT2D eigenvalue weighted by Crippen LogP contribution is -1.95. The van der Waals surface area contributed by atoms with E-state index in [2.05, 4.69) is 31.9 Å². The minimum atomic E-state index is -0.440. The third kappa shape index (κ3) is 3.25. The molecule has 4 nitrogen and oxygen atoms in total. The molecule has 0 unspecified atom stereocenters. The number of rotatable bonds is 4. The molecule has 0 saturated carbocycles. The van der Waals surface area contributed by atoms with Crippen molar-refractivity contribution in [1.29, 1.82) is 0 Å². The van der Waals surface area contributed by atoms with Gasteiger partial charge in [-0.15, -0.1) is 0 Å². The summed E-state index contributed by atoms with van der Waals surface area (Å²) in [6, 6.07) is 3.18.